The molecular formula is C26H19ClF3N5OS. The standard InChI is InChI=1S/C26H19ClF3N5OS/c1-16-8-10-19(11-9-16)32-25-35(22(15-37-25)23-7-4-12-36-23)31-14-21-17(2)33-34(24(21)27)20-6-3-5-18(13-20)26(28,29)30/h3-15H,1-2H3/b31-14-,32-25?. The highest BCUT2D eigenvalue weighted by atomic mass is 35.5. The van der Waals surface area contributed by atoms with Crippen LogP contribution in [0.15, 0.2) is 86.8 Å². The van der Waals surface area contributed by atoms with Gasteiger partial charge in [-0.05, 0) is 56.3 Å². The minimum absolute atomic E-state index is 0.132. The second-order valence-electron chi connectivity index (χ2n) is 8.13. The van der Waals surface area contributed by atoms with E-state index in [1.165, 1.54) is 34.4 Å². The van der Waals surface area contributed by atoms with Gasteiger partial charge in [0.15, 0.2) is 5.76 Å². The monoisotopic (exact) mass is 541 g/mol. The van der Waals surface area contributed by atoms with Gasteiger partial charge in [0, 0.05) is 5.38 Å². The van der Waals surface area contributed by atoms with E-state index >= 15 is 0 Å². The molecule has 0 atom stereocenters. The van der Waals surface area contributed by atoms with Gasteiger partial charge in [0.2, 0.25) is 4.80 Å². The van der Waals surface area contributed by atoms with E-state index in [9.17, 15) is 13.2 Å². The summed E-state index contributed by atoms with van der Waals surface area (Å²) in [5.41, 5.74) is 2.92. The van der Waals surface area contributed by atoms with Crippen LogP contribution in [0.4, 0.5) is 18.9 Å². The van der Waals surface area contributed by atoms with Crippen molar-refractivity contribution in [1.82, 2.24) is 14.5 Å². The van der Waals surface area contributed by atoms with Crippen LogP contribution in [-0.2, 0) is 6.18 Å². The number of furan rings is 1. The number of alkyl halides is 3. The van der Waals surface area contributed by atoms with Crippen LogP contribution in [-0.4, -0.2) is 20.7 Å². The van der Waals surface area contributed by atoms with Crippen molar-refractivity contribution in [3.05, 3.63) is 105 Å². The maximum absolute atomic E-state index is 13.2. The fourth-order valence-electron chi connectivity index (χ4n) is 3.57. The molecule has 0 fully saturated rings. The molecule has 0 saturated carbocycles. The fourth-order valence-corrected chi connectivity index (χ4v) is 4.73. The number of aromatic nitrogens is 3. The molecule has 11 heteroatoms. The Morgan fingerprint density at radius 3 is 2.54 bits per heavy atom. The van der Waals surface area contributed by atoms with Crippen molar-refractivity contribution in [3.63, 3.8) is 0 Å². The summed E-state index contributed by atoms with van der Waals surface area (Å²) < 4.78 is 48.1. The zero-order chi connectivity index (χ0) is 26.2. The second-order valence-corrected chi connectivity index (χ2v) is 9.33. The van der Waals surface area contributed by atoms with Gasteiger partial charge in [-0.2, -0.15) is 23.4 Å². The summed E-state index contributed by atoms with van der Waals surface area (Å²) in [7, 11) is 0. The Kier molecular flexibility index (Phi) is 6.61. The molecule has 3 heterocycles. The summed E-state index contributed by atoms with van der Waals surface area (Å²) in [6, 6.07) is 16.2. The highest BCUT2D eigenvalue weighted by molar-refractivity contribution is 7.07. The molecule has 0 aliphatic carbocycles. The Balaban J connectivity index is 1.58. The maximum atomic E-state index is 13.2. The van der Waals surface area contributed by atoms with Crippen molar-refractivity contribution >= 4 is 34.8 Å². The van der Waals surface area contributed by atoms with Gasteiger partial charge in [-0.3, -0.25) is 0 Å². The van der Waals surface area contributed by atoms with E-state index in [2.05, 4.69) is 10.2 Å². The molecule has 0 spiro atoms. The number of rotatable bonds is 5. The molecule has 0 radical (unpaired) electrons. The molecule has 5 rings (SSSR count). The number of nitrogens with zero attached hydrogens (tertiary/aromatic N) is 5. The van der Waals surface area contributed by atoms with Gasteiger partial charge in [0.25, 0.3) is 0 Å². The van der Waals surface area contributed by atoms with E-state index in [1.807, 2.05) is 42.6 Å². The molecule has 0 amide bonds. The predicted octanol–water partition coefficient (Wildman–Crippen LogP) is 7.40. The van der Waals surface area contributed by atoms with E-state index < -0.39 is 11.7 Å². The molecule has 3 aromatic heterocycles. The minimum Gasteiger partial charge on any atom is -0.463 e. The lowest BCUT2D eigenvalue weighted by molar-refractivity contribution is -0.137. The van der Waals surface area contributed by atoms with Gasteiger partial charge in [0.1, 0.15) is 10.8 Å². The van der Waals surface area contributed by atoms with E-state index in [0.717, 1.165) is 23.4 Å². The quantitative estimate of drug-likeness (QED) is 0.218. The molecule has 0 unspecified atom stereocenters. The van der Waals surface area contributed by atoms with Crippen molar-refractivity contribution in [2.75, 3.05) is 0 Å². The van der Waals surface area contributed by atoms with Crippen LogP contribution in [0.2, 0.25) is 5.15 Å². The maximum Gasteiger partial charge on any atom is 0.416 e. The third-order valence-corrected chi connectivity index (χ3v) is 6.67. The smallest absolute Gasteiger partial charge is 0.416 e. The van der Waals surface area contributed by atoms with Gasteiger partial charge < -0.3 is 4.42 Å². The van der Waals surface area contributed by atoms with E-state index in [-0.39, 0.29) is 10.8 Å². The van der Waals surface area contributed by atoms with Gasteiger partial charge in [-0.1, -0.05) is 35.4 Å². The molecule has 0 aliphatic heterocycles. The average Bonchev–Trinajstić information content (AvgIpc) is 3.59. The summed E-state index contributed by atoms with van der Waals surface area (Å²) in [6.45, 7) is 3.71. The lowest BCUT2D eigenvalue weighted by Gasteiger charge is -2.09. The zero-order valence-corrected chi connectivity index (χ0v) is 21.1. The van der Waals surface area contributed by atoms with Crippen molar-refractivity contribution in [1.29, 1.82) is 0 Å². The van der Waals surface area contributed by atoms with Crippen LogP contribution < -0.4 is 4.80 Å². The molecule has 6 nitrogen and oxygen atoms in total. The number of aryl methyl sites for hydroxylation is 2. The van der Waals surface area contributed by atoms with Gasteiger partial charge in [-0.15, -0.1) is 11.3 Å². The number of benzene rings is 2. The summed E-state index contributed by atoms with van der Waals surface area (Å²) in [5.74, 6) is 0.598. The molecule has 2 aromatic carbocycles. The number of thiazole rings is 1. The highest BCUT2D eigenvalue weighted by Gasteiger charge is 2.31. The van der Waals surface area contributed by atoms with Crippen LogP contribution in [0.5, 0.6) is 0 Å². The molecular weight excluding hydrogens is 523 g/mol. The van der Waals surface area contributed by atoms with Crippen molar-refractivity contribution < 1.29 is 17.6 Å². The van der Waals surface area contributed by atoms with Crippen LogP contribution in [0.25, 0.3) is 17.1 Å². The van der Waals surface area contributed by atoms with Crippen LogP contribution in [0.3, 0.4) is 0 Å². The fraction of sp³-hybridized carbons (Fsp3) is 0.115. The van der Waals surface area contributed by atoms with Crippen molar-refractivity contribution in [3.8, 4) is 17.1 Å². The van der Waals surface area contributed by atoms with Gasteiger partial charge in [0.05, 0.1) is 40.7 Å². The minimum atomic E-state index is -4.48. The Morgan fingerprint density at radius 2 is 1.84 bits per heavy atom. The first-order valence-electron chi connectivity index (χ1n) is 11.0. The molecule has 0 aliphatic rings. The average molecular weight is 542 g/mol. The molecule has 37 heavy (non-hydrogen) atoms. The molecule has 5 aromatic rings. The van der Waals surface area contributed by atoms with Crippen LogP contribution in [0, 0.1) is 13.8 Å². The molecule has 0 N–H and O–H groups in total. The summed E-state index contributed by atoms with van der Waals surface area (Å²) in [6.07, 6.45) is -1.40. The first kappa shape index (κ1) is 24.8. The second kappa shape index (κ2) is 9.87. The first-order valence-corrected chi connectivity index (χ1v) is 12.3. The van der Waals surface area contributed by atoms with E-state index in [4.69, 9.17) is 21.0 Å². The lowest BCUT2D eigenvalue weighted by atomic mass is 10.2. The van der Waals surface area contributed by atoms with Gasteiger partial charge >= 0.3 is 6.18 Å². The molecule has 0 bridgehead atoms. The summed E-state index contributed by atoms with van der Waals surface area (Å²) in [4.78, 5) is 5.31. The predicted molar refractivity (Wildman–Crippen MR) is 138 cm³/mol. The topological polar surface area (TPSA) is 60.6 Å². The normalized spacial score (nSPS) is 12.6. The number of hydrogen-bond acceptors (Lipinski definition) is 5. The lowest BCUT2D eigenvalue weighted by Crippen LogP contribution is -2.11. The molecule has 0 saturated heterocycles. The van der Waals surface area contributed by atoms with Crippen LogP contribution in [0.1, 0.15) is 22.4 Å². The Labute approximate surface area is 218 Å². The summed E-state index contributed by atoms with van der Waals surface area (Å²) >= 11 is 7.96. The van der Waals surface area contributed by atoms with E-state index in [0.29, 0.717) is 27.5 Å². The third-order valence-electron chi connectivity index (χ3n) is 5.49. The zero-order valence-electron chi connectivity index (χ0n) is 19.6. The SMILES string of the molecule is Cc1ccc(N=c2scc(-c3ccco3)n2/N=C\c2c(C)nn(-c3cccc(C(F)(F)F)c3)c2Cl)cc1. The Hall–Kier alpha value is -3.89. The largest absolute Gasteiger partial charge is 0.463 e. The number of halogens is 4. The van der Waals surface area contributed by atoms with Crippen molar-refractivity contribution in [2.45, 2.75) is 20.0 Å². The summed E-state index contributed by atoms with van der Waals surface area (Å²) in [5, 5.41) is 11.0. The highest BCUT2D eigenvalue weighted by Crippen LogP contribution is 2.31. The molecule has 188 valence electrons. The third kappa shape index (κ3) is 5.16. The Bertz CT molecular complexity index is 1640. The van der Waals surface area contributed by atoms with Crippen molar-refractivity contribution in [2.24, 2.45) is 10.1 Å². The Morgan fingerprint density at radius 1 is 1.05 bits per heavy atom. The number of hydrogen-bond donors (Lipinski definition) is 0. The van der Waals surface area contributed by atoms with Crippen LogP contribution >= 0.6 is 22.9 Å². The first-order chi connectivity index (χ1) is 17.7. The van der Waals surface area contributed by atoms with Gasteiger partial charge in [-0.25, -0.2) is 14.4 Å². The van der Waals surface area contributed by atoms with E-state index in [1.54, 1.807) is 23.9 Å².